The van der Waals surface area contributed by atoms with E-state index in [-0.39, 0.29) is 0 Å². The van der Waals surface area contributed by atoms with Crippen LogP contribution in [0.3, 0.4) is 0 Å². The molecule has 0 aromatic heterocycles. The molecule has 0 saturated heterocycles. The van der Waals surface area contributed by atoms with Gasteiger partial charge in [-0.3, -0.25) is 0 Å². The zero-order chi connectivity index (χ0) is 14.5. The molecule has 0 aliphatic rings. The van der Waals surface area contributed by atoms with Gasteiger partial charge in [-0.05, 0) is 62.0 Å². The Balaban J connectivity index is 2.84. The summed E-state index contributed by atoms with van der Waals surface area (Å²) in [6.07, 6.45) is 2.20. The lowest BCUT2D eigenvalue weighted by Gasteiger charge is -2.24. The van der Waals surface area contributed by atoms with Crippen LogP contribution in [0.15, 0.2) is 12.1 Å². The Kier molecular flexibility index (Phi) is 5.67. The molecule has 0 aliphatic heterocycles. The van der Waals surface area contributed by atoms with Crippen molar-refractivity contribution in [1.82, 2.24) is 5.32 Å². The molecule has 1 rings (SSSR count). The number of ether oxygens (including phenoxy) is 2. The minimum Gasteiger partial charge on any atom is -0.493 e. The normalized spacial score (nSPS) is 11.5. The Morgan fingerprint density at radius 1 is 1.11 bits per heavy atom. The molecule has 0 fully saturated rings. The molecule has 3 heteroatoms. The molecule has 0 aliphatic carbocycles. The van der Waals surface area contributed by atoms with Crippen LogP contribution in [0, 0.1) is 12.3 Å². The predicted molar refractivity (Wildman–Crippen MR) is 80.3 cm³/mol. The predicted octanol–water partition coefficient (Wildman–Crippen LogP) is 3.19. The van der Waals surface area contributed by atoms with Gasteiger partial charge in [0.15, 0.2) is 11.5 Å². The van der Waals surface area contributed by atoms with Crippen LogP contribution in [-0.4, -0.2) is 27.8 Å². The summed E-state index contributed by atoms with van der Waals surface area (Å²) < 4.78 is 10.7. The number of methoxy groups -OCH3 is 2. The Morgan fingerprint density at radius 2 is 1.68 bits per heavy atom. The summed E-state index contributed by atoms with van der Waals surface area (Å²) in [5, 5.41) is 3.25. The van der Waals surface area contributed by atoms with Gasteiger partial charge in [0, 0.05) is 0 Å². The van der Waals surface area contributed by atoms with E-state index in [0.717, 1.165) is 30.9 Å². The highest BCUT2D eigenvalue weighted by Crippen LogP contribution is 2.32. The van der Waals surface area contributed by atoms with Gasteiger partial charge in [0.1, 0.15) is 0 Å². The Labute approximate surface area is 117 Å². The Morgan fingerprint density at radius 3 is 2.21 bits per heavy atom. The molecule has 1 aromatic rings. The minimum absolute atomic E-state index is 0.300. The molecule has 0 saturated carbocycles. The van der Waals surface area contributed by atoms with E-state index in [2.05, 4.69) is 38.2 Å². The summed E-state index contributed by atoms with van der Waals surface area (Å²) in [5.41, 5.74) is 2.90. The van der Waals surface area contributed by atoms with Gasteiger partial charge in [-0.15, -0.1) is 0 Å². The molecule has 19 heavy (non-hydrogen) atoms. The summed E-state index contributed by atoms with van der Waals surface area (Å²) in [4.78, 5) is 0. The Bertz CT molecular complexity index is 413. The summed E-state index contributed by atoms with van der Waals surface area (Å²) in [6.45, 7) is 7.74. The van der Waals surface area contributed by atoms with Crippen LogP contribution >= 0.6 is 0 Å². The van der Waals surface area contributed by atoms with Gasteiger partial charge in [-0.25, -0.2) is 0 Å². The molecule has 0 amide bonds. The molecule has 0 heterocycles. The highest BCUT2D eigenvalue weighted by Gasteiger charge is 2.17. The van der Waals surface area contributed by atoms with Crippen molar-refractivity contribution in [3.63, 3.8) is 0 Å². The van der Waals surface area contributed by atoms with Crippen LogP contribution < -0.4 is 14.8 Å². The zero-order valence-corrected chi connectivity index (χ0v) is 13.1. The van der Waals surface area contributed by atoms with E-state index in [0.29, 0.717) is 5.41 Å². The number of hydrogen-bond acceptors (Lipinski definition) is 3. The standard InChI is InChI=1S/C16H27NO2/c1-12-9-14(18-5)15(19-6)10-13(12)7-8-16(2,3)11-17-4/h9-10,17H,7-8,11H2,1-6H3. The van der Waals surface area contributed by atoms with E-state index >= 15 is 0 Å². The fourth-order valence-electron chi connectivity index (χ4n) is 2.33. The maximum Gasteiger partial charge on any atom is 0.161 e. The number of rotatable bonds is 7. The van der Waals surface area contributed by atoms with Crippen molar-refractivity contribution < 1.29 is 9.47 Å². The average molecular weight is 265 g/mol. The van der Waals surface area contributed by atoms with Gasteiger partial charge in [0.25, 0.3) is 0 Å². The minimum atomic E-state index is 0.300. The van der Waals surface area contributed by atoms with Crippen molar-refractivity contribution in [2.75, 3.05) is 27.8 Å². The summed E-state index contributed by atoms with van der Waals surface area (Å²) in [6, 6.07) is 4.16. The van der Waals surface area contributed by atoms with Crippen molar-refractivity contribution in [3.8, 4) is 11.5 Å². The van der Waals surface area contributed by atoms with Crippen LogP contribution in [-0.2, 0) is 6.42 Å². The fraction of sp³-hybridized carbons (Fsp3) is 0.625. The first-order valence-electron chi connectivity index (χ1n) is 6.79. The van der Waals surface area contributed by atoms with E-state index in [1.54, 1.807) is 14.2 Å². The second-order valence-electron chi connectivity index (χ2n) is 5.83. The van der Waals surface area contributed by atoms with Gasteiger partial charge in [-0.1, -0.05) is 13.8 Å². The number of nitrogens with one attached hydrogen (secondary N) is 1. The van der Waals surface area contributed by atoms with Gasteiger partial charge in [0.2, 0.25) is 0 Å². The van der Waals surface area contributed by atoms with Crippen molar-refractivity contribution in [3.05, 3.63) is 23.3 Å². The van der Waals surface area contributed by atoms with Crippen molar-refractivity contribution in [1.29, 1.82) is 0 Å². The third kappa shape index (κ3) is 4.43. The molecule has 108 valence electrons. The van der Waals surface area contributed by atoms with Crippen LogP contribution in [0.4, 0.5) is 0 Å². The summed E-state index contributed by atoms with van der Waals surface area (Å²) >= 11 is 0. The highest BCUT2D eigenvalue weighted by molar-refractivity contribution is 5.47. The van der Waals surface area contributed by atoms with Crippen molar-refractivity contribution in [2.24, 2.45) is 5.41 Å². The van der Waals surface area contributed by atoms with E-state index < -0.39 is 0 Å². The van der Waals surface area contributed by atoms with Crippen molar-refractivity contribution in [2.45, 2.75) is 33.6 Å². The first-order valence-corrected chi connectivity index (χ1v) is 6.79. The zero-order valence-electron chi connectivity index (χ0n) is 13.1. The van der Waals surface area contributed by atoms with E-state index in [9.17, 15) is 0 Å². The smallest absolute Gasteiger partial charge is 0.161 e. The van der Waals surface area contributed by atoms with Crippen LogP contribution in [0.5, 0.6) is 11.5 Å². The largest absolute Gasteiger partial charge is 0.493 e. The number of aryl methyl sites for hydroxylation is 2. The maximum absolute atomic E-state index is 5.37. The quantitative estimate of drug-likeness (QED) is 0.821. The van der Waals surface area contributed by atoms with E-state index in [1.165, 1.54) is 11.1 Å². The molecule has 1 N–H and O–H groups in total. The van der Waals surface area contributed by atoms with Gasteiger partial charge < -0.3 is 14.8 Å². The topological polar surface area (TPSA) is 30.5 Å². The molecular weight excluding hydrogens is 238 g/mol. The molecule has 0 unspecified atom stereocenters. The molecule has 0 bridgehead atoms. The summed E-state index contributed by atoms with van der Waals surface area (Å²) in [7, 11) is 5.36. The van der Waals surface area contributed by atoms with Crippen LogP contribution in [0.25, 0.3) is 0 Å². The lowest BCUT2D eigenvalue weighted by Crippen LogP contribution is -2.27. The van der Waals surface area contributed by atoms with Crippen LogP contribution in [0.2, 0.25) is 0 Å². The highest BCUT2D eigenvalue weighted by atomic mass is 16.5. The molecule has 3 nitrogen and oxygen atoms in total. The monoisotopic (exact) mass is 265 g/mol. The van der Waals surface area contributed by atoms with E-state index in [1.807, 2.05) is 7.05 Å². The molecule has 0 radical (unpaired) electrons. The molecular formula is C16H27NO2. The molecule has 1 aromatic carbocycles. The van der Waals surface area contributed by atoms with Crippen molar-refractivity contribution >= 4 is 0 Å². The average Bonchev–Trinajstić information content (AvgIpc) is 2.36. The lowest BCUT2D eigenvalue weighted by molar-refractivity contribution is 0.323. The number of hydrogen-bond donors (Lipinski definition) is 1. The second-order valence-corrected chi connectivity index (χ2v) is 5.83. The third-order valence-corrected chi connectivity index (χ3v) is 3.57. The lowest BCUT2D eigenvalue weighted by atomic mass is 9.85. The van der Waals surface area contributed by atoms with Gasteiger partial charge in [0.05, 0.1) is 14.2 Å². The fourth-order valence-corrected chi connectivity index (χ4v) is 2.33. The maximum atomic E-state index is 5.37. The first-order chi connectivity index (χ1) is 8.93. The Hall–Kier alpha value is -1.22. The number of benzene rings is 1. The third-order valence-electron chi connectivity index (χ3n) is 3.57. The summed E-state index contributed by atoms with van der Waals surface area (Å²) in [5.74, 6) is 1.62. The molecule has 0 atom stereocenters. The SMILES string of the molecule is CNCC(C)(C)CCc1cc(OC)c(OC)cc1C. The van der Waals surface area contributed by atoms with Gasteiger partial charge in [-0.2, -0.15) is 0 Å². The first kappa shape index (κ1) is 15.8. The second kappa shape index (κ2) is 6.80. The van der Waals surface area contributed by atoms with E-state index in [4.69, 9.17) is 9.47 Å². The van der Waals surface area contributed by atoms with Crippen LogP contribution in [0.1, 0.15) is 31.4 Å². The van der Waals surface area contributed by atoms with Gasteiger partial charge >= 0.3 is 0 Å². The molecule has 0 spiro atoms.